The van der Waals surface area contributed by atoms with Crippen molar-refractivity contribution in [1.82, 2.24) is 4.90 Å². The average molecular weight is 478 g/mol. The number of halogens is 2. The third-order valence-corrected chi connectivity index (χ3v) is 5.60. The Balaban J connectivity index is 1.70. The lowest BCUT2D eigenvalue weighted by Crippen LogP contribution is -2.36. The van der Waals surface area contributed by atoms with Crippen LogP contribution in [0.4, 0.5) is 20.6 Å². The molecule has 3 rings (SSSR count). The second kappa shape index (κ2) is 8.79. The molecular formula is C20H17BrFN3O3S. The van der Waals surface area contributed by atoms with Crippen molar-refractivity contribution >= 4 is 62.2 Å². The molecule has 29 heavy (non-hydrogen) atoms. The summed E-state index contributed by atoms with van der Waals surface area (Å²) < 4.78 is 13.8. The van der Waals surface area contributed by atoms with E-state index in [9.17, 15) is 18.8 Å². The summed E-state index contributed by atoms with van der Waals surface area (Å²) in [7, 11) is 3.84. The van der Waals surface area contributed by atoms with E-state index in [2.05, 4.69) is 21.2 Å². The van der Waals surface area contributed by atoms with Gasteiger partial charge in [-0.25, -0.2) is 4.39 Å². The number of carbonyl (C=O) groups is 3. The molecule has 2 aromatic carbocycles. The van der Waals surface area contributed by atoms with E-state index >= 15 is 0 Å². The number of benzene rings is 2. The van der Waals surface area contributed by atoms with Crippen molar-refractivity contribution in [1.29, 1.82) is 0 Å². The van der Waals surface area contributed by atoms with Crippen LogP contribution in [0.1, 0.15) is 5.56 Å². The number of anilines is 2. The lowest BCUT2D eigenvalue weighted by atomic mass is 10.2. The molecule has 1 aliphatic heterocycles. The summed E-state index contributed by atoms with van der Waals surface area (Å²) in [5, 5.41) is 2.02. The molecule has 0 aliphatic carbocycles. The molecule has 0 atom stereocenters. The van der Waals surface area contributed by atoms with Gasteiger partial charge in [0.25, 0.3) is 11.1 Å². The zero-order valence-corrected chi connectivity index (χ0v) is 18.0. The Bertz CT molecular complexity index is 1010. The van der Waals surface area contributed by atoms with Gasteiger partial charge in [-0.2, -0.15) is 0 Å². The van der Waals surface area contributed by atoms with Gasteiger partial charge < -0.3 is 10.2 Å². The van der Waals surface area contributed by atoms with Crippen LogP contribution in [-0.2, 0) is 9.59 Å². The molecule has 1 saturated heterocycles. The standard InChI is InChI=1S/C20H17BrFN3O3S/c1-24(2)16-8-3-12(9-15(16)21)10-17-19(27)25(20(28)29-17)11-18(26)23-14-6-4-13(22)5-7-14/h3-10H,11H2,1-2H3,(H,23,26)/b17-10-. The van der Waals surface area contributed by atoms with Crippen LogP contribution in [0, 0.1) is 5.82 Å². The van der Waals surface area contributed by atoms with Crippen LogP contribution in [0.5, 0.6) is 0 Å². The first-order chi connectivity index (χ1) is 13.7. The van der Waals surface area contributed by atoms with Gasteiger partial charge in [0, 0.05) is 24.3 Å². The van der Waals surface area contributed by atoms with E-state index in [-0.39, 0.29) is 4.91 Å². The normalized spacial score (nSPS) is 15.2. The molecule has 0 saturated carbocycles. The average Bonchev–Trinajstić information content (AvgIpc) is 2.91. The Morgan fingerprint density at radius 2 is 1.90 bits per heavy atom. The lowest BCUT2D eigenvalue weighted by molar-refractivity contribution is -0.127. The van der Waals surface area contributed by atoms with E-state index in [1.54, 1.807) is 6.08 Å². The molecule has 2 aromatic rings. The van der Waals surface area contributed by atoms with Crippen LogP contribution < -0.4 is 10.2 Å². The molecule has 0 spiro atoms. The van der Waals surface area contributed by atoms with Gasteiger partial charge in [0.1, 0.15) is 12.4 Å². The van der Waals surface area contributed by atoms with Gasteiger partial charge in [-0.05, 0) is 75.7 Å². The van der Waals surface area contributed by atoms with Gasteiger partial charge in [-0.1, -0.05) is 6.07 Å². The summed E-state index contributed by atoms with van der Waals surface area (Å²) in [4.78, 5) is 40.0. The van der Waals surface area contributed by atoms with Crippen molar-refractivity contribution in [2.45, 2.75) is 0 Å². The summed E-state index contributed by atoms with van der Waals surface area (Å²) in [6.45, 7) is -0.414. The fourth-order valence-corrected chi connectivity index (χ4v) is 4.23. The number of hydrogen-bond donors (Lipinski definition) is 1. The van der Waals surface area contributed by atoms with Gasteiger partial charge in [0.2, 0.25) is 5.91 Å². The maximum atomic E-state index is 12.9. The molecule has 0 unspecified atom stereocenters. The van der Waals surface area contributed by atoms with Gasteiger partial charge >= 0.3 is 0 Å². The number of nitrogens with one attached hydrogen (secondary N) is 1. The summed E-state index contributed by atoms with van der Waals surface area (Å²) in [5.41, 5.74) is 2.11. The molecule has 1 fully saturated rings. The number of imide groups is 1. The molecule has 0 radical (unpaired) electrons. The first kappa shape index (κ1) is 21.1. The third-order valence-electron chi connectivity index (χ3n) is 4.05. The second-order valence-corrected chi connectivity index (χ2v) is 8.28. The minimum absolute atomic E-state index is 0.245. The van der Waals surface area contributed by atoms with Crippen molar-refractivity contribution in [3.05, 3.63) is 63.2 Å². The van der Waals surface area contributed by atoms with Gasteiger partial charge in [0.05, 0.1) is 10.6 Å². The van der Waals surface area contributed by atoms with Crippen molar-refractivity contribution in [3.8, 4) is 0 Å². The number of carbonyl (C=O) groups excluding carboxylic acids is 3. The Morgan fingerprint density at radius 3 is 2.52 bits per heavy atom. The van der Waals surface area contributed by atoms with Crippen LogP contribution in [0.3, 0.4) is 0 Å². The summed E-state index contributed by atoms with van der Waals surface area (Å²) >= 11 is 4.27. The van der Waals surface area contributed by atoms with E-state index in [1.807, 2.05) is 37.2 Å². The highest BCUT2D eigenvalue weighted by atomic mass is 79.9. The van der Waals surface area contributed by atoms with Crippen LogP contribution in [0.15, 0.2) is 51.8 Å². The molecule has 1 N–H and O–H groups in total. The zero-order chi connectivity index (χ0) is 21.1. The molecule has 1 aliphatic rings. The number of nitrogens with zero attached hydrogens (tertiary/aromatic N) is 2. The monoisotopic (exact) mass is 477 g/mol. The number of rotatable bonds is 5. The molecule has 6 nitrogen and oxygen atoms in total. The number of thioether (sulfide) groups is 1. The Hall–Kier alpha value is -2.65. The SMILES string of the molecule is CN(C)c1ccc(/C=C2\SC(=O)N(CC(=O)Nc3ccc(F)cc3)C2=O)cc1Br. The predicted molar refractivity (Wildman–Crippen MR) is 116 cm³/mol. The van der Waals surface area contributed by atoms with Crippen LogP contribution in [0.25, 0.3) is 6.08 Å². The van der Waals surface area contributed by atoms with Crippen molar-refractivity contribution in [3.63, 3.8) is 0 Å². The van der Waals surface area contributed by atoms with Crippen LogP contribution in [-0.4, -0.2) is 42.6 Å². The third kappa shape index (κ3) is 5.04. The summed E-state index contributed by atoms with van der Waals surface area (Å²) in [6.07, 6.45) is 1.62. The molecule has 3 amide bonds. The highest BCUT2D eigenvalue weighted by molar-refractivity contribution is 9.10. The van der Waals surface area contributed by atoms with Crippen molar-refractivity contribution in [2.75, 3.05) is 30.9 Å². The predicted octanol–water partition coefficient (Wildman–Crippen LogP) is 4.33. The Morgan fingerprint density at radius 1 is 1.21 bits per heavy atom. The second-order valence-electron chi connectivity index (χ2n) is 6.43. The van der Waals surface area contributed by atoms with E-state index in [0.29, 0.717) is 5.69 Å². The maximum Gasteiger partial charge on any atom is 0.294 e. The minimum atomic E-state index is -0.543. The Labute approximate surface area is 179 Å². The molecule has 0 bridgehead atoms. The van der Waals surface area contributed by atoms with Crippen LogP contribution in [0.2, 0.25) is 0 Å². The van der Waals surface area contributed by atoms with Crippen molar-refractivity contribution in [2.24, 2.45) is 0 Å². The fraction of sp³-hybridized carbons (Fsp3) is 0.150. The molecular weight excluding hydrogens is 461 g/mol. The highest BCUT2D eigenvalue weighted by Gasteiger charge is 2.36. The quantitative estimate of drug-likeness (QED) is 0.649. The maximum absolute atomic E-state index is 12.9. The van der Waals surface area contributed by atoms with Crippen LogP contribution >= 0.6 is 27.7 Å². The smallest absolute Gasteiger partial charge is 0.294 e. The van der Waals surface area contributed by atoms with E-state index in [4.69, 9.17) is 0 Å². The minimum Gasteiger partial charge on any atom is -0.377 e. The number of hydrogen-bond acceptors (Lipinski definition) is 5. The van der Waals surface area contributed by atoms with E-state index < -0.39 is 29.4 Å². The summed E-state index contributed by atoms with van der Waals surface area (Å²) in [6, 6.07) is 10.8. The first-order valence-corrected chi connectivity index (χ1v) is 10.1. The zero-order valence-electron chi connectivity index (χ0n) is 15.6. The summed E-state index contributed by atoms with van der Waals surface area (Å²) in [5.74, 6) is -1.50. The lowest BCUT2D eigenvalue weighted by Gasteiger charge is -2.14. The van der Waals surface area contributed by atoms with E-state index in [1.165, 1.54) is 24.3 Å². The topological polar surface area (TPSA) is 69.7 Å². The highest BCUT2D eigenvalue weighted by Crippen LogP contribution is 2.33. The molecule has 0 aromatic heterocycles. The van der Waals surface area contributed by atoms with E-state index in [0.717, 1.165) is 32.4 Å². The molecule has 150 valence electrons. The fourth-order valence-electron chi connectivity index (χ4n) is 2.64. The van der Waals surface area contributed by atoms with Gasteiger partial charge in [-0.3, -0.25) is 19.3 Å². The van der Waals surface area contributed by atoms with Gasteiger partial charge in [0.15, 0.2) is 0 Å². The molecule has 1 heterocycles. The Kier molecular flexibility index (Phi) is 6.39. The van der Waals surface area contributed by atoms with Gasteiger partial charge in [-0.15, -0.1) is 0 Å². The molecule has 9 heteroatoms. The van der Waals surface area contributed by atoms with Crippen molar-refractivity contribution < 1.29 is 18.8 Å². The number of amides is 3. The first-order valence-electron chi connectivity index (χ1n) is 8.52. The largest absolute Gasteiger partial charge is 0.377 e.